The zero-order valence-corrected chi connectivity index (χ0v) is 13.3. The Bertz CT molecular complexity index is 573. The molecule has 0 bridgehead atoms. The van der Waals surface area contributed by atoms with E-state index in [1.165, 1.54) is 0 Å². The average Bonchev–Trinajstić information content (AvgIpc) is 2.52. The minimum atomic E-state index is -4.25. The molecule has 0 fully saturated rings. The smallest absolute Gasteiger partial charge is 0.329 e. The summed E-state index contributed by atoms with van der Waals surface area (Å²) in [5, 5.41) is 0. The molecule has 0 aliphatic carbocycles. The zero-order chi connectivity index (χ0) is 16.0. The Morgan fingerprint density at radius 1 is 0.909 bits per heavy atom. The third-order valence-corrected chi connectivity index (χ3v) is 5.26. The van der Waals surface area contributed by atoms with Gasteiger partial charge in [-0.25, -0.2) is 0 Å². The van der Waals surface area contributed by atoms with Crippen LogP contribution in [0.4, 0.5) is 0 Å². The van der Waals surface area contributed by atoms with Gasteiger partial charge in [0.25, 0.3) is 0 Å². The van der Waals surface area contributed by atoms with Gasteiger partial charge in [-0.05, 0) is 30.5 Å². The van der Waals surface area contributed by atoms with E-state index in [4.69, 9.17) is 5.73 Å². The van der Waals surface area contributed by atoms with Crippen LogP contribution in [0.1, 0.15) is 29.9 Å². The van der Waals surface area contributed by atoms with Crippen LogP contribution in [0.3, 0.4) is 0 Å². The van der Waals surface area contributed by atoms with E-state index in [2.05, 4.69) is 0 Å². The predicted molar refractivity (Wildman–Crippen MR) is 88.8 cm³/mol. The lowest BCUT2D eigenvalue weighted by Gasteiger charge is -2.28. The lowest BCUT2D eigenvalue weighted by molar-refractivity contribution is 0.347. The van der Waals surface area contributed by atoms with E-state index in [9.17, 15) is 14.4 Å². The molecule has 118 valence electrons. The van der Waals surface area contributed by atoms with Gasteiger partial charge in [0.2, 0.25) is 0 Å². The molecule has 2 rings (SSSR count). The highest BCUT2D eigenvalue weighted by atomic mass is 31.2. The minimum Gasteiger partial charge on any atom is -0.330 e. The summed E-state index contributed by atoms with van der Waals surface area (Å²) in [5.41, 5.74) is 6.61. The van der Waals surface area contributed by atoms with E-state index in [1.807, 2.05) is 60.7 Å². The first-order valence-electron chi connectivity index (χ1n) is 7.39. The molecule has 2 aromatic carbocycles. The Balaban J connectivity index is 2.49. The molecule has 1 atom stereocenters. The Labute approximate surface area is 131 Å². The van der Waals surface area contributed by atoms with Crippen molar-refractivity contribution in [3.8, 4) is 0 Å². The van der Waals surface area contributed by atoms with E-state index < -0.39 is 13.3 Å². The molecule has 0 spiro atoms. The van der Waals surface area contributed by atoms with Crippen molar-refractivity contribution < 1.29 is 14.4 Å². The molecular weight excluding hydrogens is 297 g/mol. The molecule has 0 saturated carbocycles. The van der Waals surface area contributed by atoms with Crippen molar-refractivity contribution in [3.63, 3.8) is 0 Å². The lowest BCUT2D eigenvalue weighted by Crippen LogP contribution is -2.22. The van der Waals surface area contributed by atoms with Gasteiger partial charge in [0.15, 0.2) is 0 Å². The molecular formula is C17H22NO3P. The summed E-state index contributed by atoms with van der Waals surface area (Å²) in [6.45, 7) is 0.423. The van der Waals surface area contributed by atoms with Crippen LogP contribution in [0.25, 0.3) is 0 Å². The maximum atomic E-state index is 12.1. The highest BCUT2D eigenvalue weighted by Crippen LogP contribution is 2.52. The molecule has 4 N–H and O–H groups in total. The number of benzene rings is 2. The van der Waals surface area contributed by atoms with Gasteiger partial charge in [-0.1, -0.05) is 60.7 Å². The van der Waals surface area contributed by atoms with Crippen molar-refractivity contribution in [2.45, 2.75) is 24.4 Å². The molecule has 5 heteroatoms. The van der Waals surface area contributed by atoms with Crippen molar-refractivity contribution in [1.29, 1.82) is 0 Å². The lowest BCUT2D eigenvalue weighted by atomic mass is 9.86. The third kappa shape index (κ3) is 4.28. The van der Waals surface area contributed by atoms with E-state index in [0.29, 0.717) is 19.4 Å². The number of hydrogen-bond donors (Lipinski definition) is 3. The monoisotopic (exact) mass is 319 g/mol. The van der Waals surface area contributed by atoms with E-state index in [0.717, 1.165) is 11.1 Å². The SMILES string of the molecule is NCCC[C@H](C(c1ccccc1)c1ccccc1)P(=O)(O)O. The van der Waals surface area contributed by atoms with Crippen molar-refractivity contribution in [2.75, 3.05) is 6.54 Å². The molecule has 22 heavy (non-hydrogen) atoms. The van der Waals surface area contributed by atoms with E-state index in [-0.39, 0.29) is 5.92 Å². The second-order valence-corrected chi connectivity index (χ2v) is 7.23. The van der Waals surface area contributed by atoms with Crippen molar-refractivity contribution in [2.24, 2.45) is 5.73 Å². The topological polar surface area (TPSA) is 83.6 Å². The van der Waals surface area contributed by atoms with E-state index >= 15 is 0 Å². The van der Waals surface area contributed by atoms with Crippen LogP contribution in [0.15, 0.2) is 60.7 Å². The van der Waals surface area contributed by atoms with Crippen LogP contribution in [0.2, 0.25) is 0 Å². The quantitative estimate of drug-likeness (QED) is 0.685. The molecule has 0 radical (unpaired) electrons. The molecule has 0 heterocycles. The number of nitrogens with two attached hydrogens (primary N) is 1. The summed E-state index contributed by atoms with van der Waals surface area (Å²) in [7, 11) is -4.25. The van der Waals surface area contributed by atoms with E-state index in [1.54, 1.807) is 0 Å². The standard InChI is InChI=1S/C17H22NO3P/c18-13-7-12-16(22(19,20)21)17(14-8-3-1-4-9-14)15-10-5-2-6-11-15/h1-6,8-11,16-17H,7,12-13,18H2,(H2,19,20,21)/t16-/m1/s1. The normalized spacial score (nSPS) is 13.3. The van der Waals surface area contributed by atoms with Crippen LogP contribution in [0.5, 0.6) is 0 Å². The minimum absolute atomic E-state index is 0.338. The summed E-state index contributed by atoms with van der Waals surface area (Å²) in [5.74, 6) is -0.338. The van der Waals surface area contributed by atoms with Crippen LogP contribution in [0, 0.1) is 0 Å². The summed E-state index contributed by atoms with van der Waals surface area (Å²) in [6, 6.07) is 19.1. The van der Waals surface area contributed by atoms with Crippen LogP contribution in [-0.2, 0) is 4.57 Å². The summed E-state index contributed by atoms with van der Waals surface area (Å²) >= 11 is 0. The zero-order valence-electron chi connectivity index (χ0n) is 12.4. The molecule has 0 saturated heterocycles. The first-order chi connectivity index (χ1) is 10.5. The maximum absolute atomic E-state index is 12.1. The third-order valence-electron chi connectivity index (χ3n) is 3.84. The van der Waals surface area contributed by atoms with Crippen molar-refractivity contribution in [3.05, 3.63) is 71.8 Å². The largest absolute Gasteiger partial charge is 0.330 e. The van der Waals surface area contributed by atoms with Crippen molar-refractivity contribution in [1.82, 2.24) is 0 Å². The second kappa shape index (κ2) is 7.70. The number of rotatable bonds is 7. The fourth-order valence-corrected chi connectivity index (χ4v) is 4.07. The van der Waals surface area contributed by atoms with Gasteiger partial charge < -0.3 is 15.5 Å². The van der Waals surface area contributed by atoms with Crippen LogP contribution < -0.4 is 5.73 Å². The van der Waals surface area contributed by atoms with Gasteiger partial charge >= 0.3 is 7.60 Å². The Hall–Kier alpha value is -1.45. The van der Waals surface area contributed by atoms with Crippen LogP contribution >= 0.6 is 7.60 Å². The highest BCUT2D eigenvalue weighted by Gasteiger charge is 2.37. The highest BCUT2D eigenvalue weighted by molar-refractivity contribution is 7.52. The van der Waals surface area contributed by atoms with Gasteiger partial charge in [-0.3, -0.25) is 4.57 Å². The van der Waals surface area contributed by atoms with Gasteiger partial charge in [0.05, 0.1) is 5.66 Å². The molecule has 0 amide bonds. The maximum Gasteiger partial charge on any atom is 0.329 e. The summed E-state index contributed by atoms with van der Waals surface area (Å²) < 4.78 is 12.1. The first-order valence-corrected chi connectivity index (χ1v) is 9.07. The second-order valence-electron chi connectivity index (χ2n) is 5.39. The van der Waals surface area contributed by atoms with Gasteiger partial charge in [0.1, 0.15) is 0 Å². The Morgan fingerprint density at radius 3 is 1.73 bits per heavy atom. The molecule has 0 unspecified atom stereocenters. The number of hydrogen-bond acceptors (Lipinski definition) is 2. The fourth-order valence-electron chi connectivity index (χ4n) is 2.81. The molecule has 0 aliphatic rings. The van der Waals surface area contributed by atoms with Gasteiger partial charge in [0, 0.05) is 5.92 Å². The fraction of sp³-hybridized carbons (Fsp3) is 0.294. The summed E-state index contributed by atoms with van der Waals surface area (Å²) in [6.07, 6.45) is 0.987. The molecule has 0 aliphatic heterocycles. The molecule has 2 aromatic rings. The Morgan fingerprint density at radius 2 is 1.36 bits per heavy atom. The average molecular weight is 319 g/mol. The summed E-state index contributed by atoms with van der Waals surface area (Å²) in [4.78, 5) is 19.7. The van der Waals surface area contributed by atoms with Gasteiger partial charge in [-0.2, -0.15) is 0 Å². The van der Waals surface area contributed by atoms with Crippen LogP contribution in [-0.4, -0.2) is 22.0 Å². The Kier molecular flexibility index (Phi) is 5.92. The van der Waals surface area contributed by atoms with Gasteiger partial charge in [-0.15, -0.1) is 0 Å². The van der Waals surface area contributed by atoms with Crippen molar-refractivity contribution >= 4 is 7.60 Å². The molecule has 4 nitrogen and oxygen atoms in total. The predicted octanol–water partition coefficient (Wildman–Crippen LogP) is 3.10. The molecule has 0 aromatic heterocycles. The first kappa shape index (κ1) is 16.9.